The number of H-pyrrole nitrogens is 1. The van der Waals surface area contributed by atoms with Crippen molar-refractivity contribution < 1.29 is 31.1 Å². The molecule has 196 valence electrons. The van der Waals surface area contributed by atoms with Crippen molar-refractivity contribution in [1.29, 1.82) is 0 Å². The first-order chi connectivity index (χ1) is 16.9. The predicted molar refractivity (Wildman–Crippen MR) is 116 cm³/mol. The lowest BCUT2D eigenvalue weighted by atomic mass is 10.2. The lowest BCUT2D eigenvalue weighted by Crippen LogP contribution is -2.52. The van der Waals surface area contributed by atoms with Crippen LogP contribution >= 0.6 is 0 Å². The summed E-state index contributed by atoms with van der Waals surface area (Å²) in [4.78, 5) is 34.3. The number of carbonyl (C=O) groups excluding carboxylic acids is 1. The fraction of sp³-hybridized carbons (Fsp3) is 0.450. The molecule has 3 rings (SSSR count). The van der Waals surface area contributed by atoms with E-state index in [4.69, 9.17) is 0 Å². The first kappa shape index (κ1) is 26.7. The summed E-state index contributed by atoms with van der Waals surface area (Å²) < 4.78 is 77.9. The maximum absolute atomic E-state index is 13.1. The van der Waals surface area contributed by atoms with Crippen LogP contribution in [0.2, 0.25) is 0 Å². The monoisotopic (exact) mass is 520 g/mol. The highest BCUT2D eigenvalue weighted by Gasteiger charge is 2.37. The Morgan fingerprint density at radius 1 is 1.17 bits per heavy atom. The fourth-order valence-electron chi connectivity index (χ4n) is 3.38. The molecule has 2 aromatic rings. The molecule has 0 spiro atoms. The molecule has 0 aromatic carbocycles. The summed E-state index contributed by atoms with van der Waals surface area (Å²) in [5.74, 6) is -0.0707. The zero-order chi connectivity index (χ0) is 26.5. The number of nitrogens with zero attached hydrogens (tertiary/aromatic N) is 5. The van der Waals surface area contributed by atoms with E-state index in [0.29, 0.717) is 0 Å². The van der Waals surface area contributed by atoms with Crippen molar-refractivity contribution in [3.63, 3.8) is 0 Å². The third kappa shape index (κ3) is 6.85. The summed E-state index contributed by atoms with van der Waals surface area (Å²) in [5, 5.41) is 10.3. The molecule has 1 atom stereocenters. The molecule has 0 bridgehead atoms. The van der Waals surface area contributed by atoms with Gasteiger partial charge in [-0.3, -0.25) is 4.79 Å². The van der Waals surface area contributed by atoms with Gasteiger partial charge in [-0.1, -0.05) is 12.2 Å². The highest BCUT2D eigenvalue weighted by atomic mass is 19.4. The molecule has 1 fully saturated rings. The number of rotatable bonds is 6. The minimum atomic E-state index is -4.87. The third-order valence-electron chi connectivity index (χ3n) is 5.10. The third-order valence-corrected chi connectivity index (χ3v) is 5.10. The molecule has 0 saturated carbocycles. The Hall–Kier alpha value is -3.85. The average molecular weight is 520 g/mol. The number of nitrogens with one attached hydrogen (secondary N) is 3. The van der Waals surface area contributed by atoms with Crippen molar-refractivity contribution in [2.45, 2.75) is 25.3 Å². The maximum atomic E-state index is 13.1. The molecule has 36 heavy (non-hydrogen) atoms. The zero-order valence-electron chi connectivity index (χ0n) is 18.8. The quantitative estimate of drug-likeness (QED) is 0.396. The zero-order valence-corrected chi connectivity index (χ0v) is 18.8. The van der Waals surface area contributed by atoms with Crippen LogP contribution < -0.4 is 21.1 Å². The molecular weight excluding hydrogens is 498 g/mol. The first-order valence-electron chi connectivity index (χ1n) is 10.6. The van der Waals surface area contributed by atoms with Gasteiger partial charge in [0, 0.05) is 45.0 Å². The van der Waals surface area contributed by atoms with E-state index in [-0.39, 0.29) is 38.7 Å². The number of piperazine rings is 1. The lowest BCUT2D eigenvalue weighted by molar-refractivity contribution is -0.141. The molecule has 0 radical (unpaired) electrons. The molecule has 1 unspecified atom stereocenters. The number of anilines is 2. The topological polar surface area (TPSA) is 119 Å². The fourth-order valence-corrected chi connectivity index (χ4v) is 3.38. The number of carbonyl (C=O) groups is 1. The summed E-state index contributed by atoms with van der Waals surface area (Å²) in [5.41, 5.74) is -4.28. The number of urea groups is 1. The summed E-state index contributed by atoms with van der Waals surface area (Å²) in [6.45, 7) is 2.54. The molecule has 1 saturated heterocycles. The number of aromatic nitrogens is 4. The highest BCUT2D eigenvalue weighted by Crippen LogP contribution is 2.31. The molecule has 3 heterocycles. The molecule has 16 heteroatoms. The summed E-state index contributed by atoms with van der Waals surface area (Å²) in [6.07, 6.45) is -4.53. The van der Waals surface area contributed by atoms with E-state index in [1.807, 2.05) is 0 Å². The van der Waals surface area contributed by atoms with Crippen molar-refractivity contribution in [2.75, 3.05) is 42.9 Å². The summed E-state index contributed by atoms with van der Waals surface area (Å²) in [7, 11) is 0. The smallest absolute Gasteiger partial charge is 0.377 e. The standard InChI is InChI=1S/C20H22F6N8O2/c1-12(30-13-11-29-32-16(35)15(13)20(24,25)26)3-2-5-28-18(36)34-9-7-33(8-10-34)17-27-6-4-14(31-17)19(21,22)23/h2-4,6,11-12H,5,7-10H2,1H3,(H,28,36)(H2,30,32,35)/b3-2+. The summed E-state index contributed by atoms with van der Waals surface area (Å²) >= 11 is 0. The molecule has 0 aliphatic carbocycles. The van der Waals surface area contributed by atoms with E-state index in [2.05, 4.69) is 25.7 Å². The van der Waals surface area contributed by atoms with Crippen LogP contribution in [0.1, 0.15) is 18.2 Å². The van der Waals surface area contributed by atoms with Crippen LogP contribution in [0.15, 0.2) is 35.4 Å². The van der Waals surface area contributed by atoms with Gasteiger partial charge < -0.3 is 20.4 Å². The highest BCUT2D eigenvalue weighted by molar-refractivity contribution is 5.74. The normalized spacial score (nSPS) is 15.8. The number of halogens is 6. The second-order valence-corrected chi connectivity index (χ2v) is 7.75. The van der Waals surface area contributed by atoms with Gasteiger partial charge in [-0.15, -0.1) is 0 Å². The Morgan fingerprint density at radius 3 is 2.50 bits per heavy atom. The van der Waals surface area contributed by atoms with E-state index in [1.165, 1.54) is 17.1 Å². The second-order valence-electron chi connectivity index (χ2n) is 7.75. The van der Waals surface area contributed by atoms with Gasteiger partial charge in [-0.25, -0.2) is 19.9 Å². The van der Waals surface area contributed by atoms with Gasteiger partial charge in [0.15, 0.2) is 0 Å². The van der Waals surface area contributed by atoms with Gasteiger partial charge >= 0.3 is 18.4 Å². The average Bonchev–Trinajstić information content (AvgIpc) is 2.80. The van der Waals surface area contributed by atoms with Crippen molar-refractivity contribution in [2.24, 2.45) is 0 Å². The van der Waals surface area contributed by atoms with Crippen molar-refractivity contribution >= 4 is 17.7 Å². The summed E-state index contributed by atoms with van der Waals surface area (Å²) in [6, 6.07) is -0.256. The molecule has 3 N–H and O–H groups in total. The van der Waals surface area contributed by atoms with Crippen molar-refractivity contribution in [3.05, 3.63) is 52.2 Å². The largest absolute Gasteiger partial charge is 0.433 e. The maximum Gasteiger partial charge on any atom is 0.433 e. The number of hydrogen-bond acceptors (Lipinski definition) is 7. The van der Waals surface area contributed by atoms with Gasteiger partial charge in [-0.05, 0) is 13.0 Å². The first-order valence-corrected chi connectivity index (χ1v) is 10.6. The molecule has 2 amide bonds. The minimum absolute atomic E-state index is 0.0707. The number of amides is 2. The number of hydrogen-bond donors (Lipinski definition) is 3. The van der Waals surface area contributed by atoms with Crippen LogP contribution in [0.5, 0.6) is 0 Å². The van der Waals surface area contributed by atoms with Gasteiger partial charge in [0.25, 0.3) is 5.56 Å². The van der Waals surface area contributed by atoms with Gasteiger partial charge in [0.2, 0.25) is 5.95 Å². The van der Waals surface area contributed by atoms with E-state index in [1.54, 1.807) is 16.9 Å². The van der Waals surface area contributed by atoms with Crippen LogP contribution in [0.3, 0.4) is 0 Å². The van der Waals surface area contributed by atoms with Crippen molar-refractivity contribution in [1.82, 2.24) is 30.4 Å². The molecule has 10 nitrogen and oxygen atoms in total. The van der Waals surface area contributed by atoms with Crippen LogP contribution in [-0.2, 0) is 12.4 Å². The number of alkyl halides is 6. The Labute approximate surface area is 200 Å². The molecule has 1 aliphatic rings. The van der Waals surface area contributed by atoms with Crippen LogP contribution in [-0.4, -0.2) is 69.9 Å². The van der Waals surface area contributed by atoms with E-state index >= 15 is 0 Å². The Balaban J connectivity index is 1.47. The molecule has 2 aromatic heterocycles. The van der Waals surface area contributed by atoms with E-state index < -0.39 is 46.9 Å². The lowest BCUT2D eigenvalue weighted by Gasteiger charge is -2.34. The van der Waals surface area contributed by atoms with Crippen molar-refractivity contribution in [3.8, 4) is 0 Å². The molecule has 1 aliphatic heterocycles. The predicted octanol–water partition coefficient (Wildman–Crippen LogP) is 2.49. The van der Waals surface area contributed by atoms with E-state index in [9.17, 15) is 35.9 Å². The Bertz CT molecular complexity index is 1140. The Morgan fingerprint density at radius 2 is 1.86 bits per heavy atom. The number of aromatic amines is 1. The Kier molecular flexibility index (Phi) is 8.04. The van der Waals surface area contributed by atoms with Crippen LogP contribution in [0, 0.1) is 0 Å². The molecular formula is C20H22F6N8O2. The van der Waals surface area contributed by atoms with E-state index in [0.717, 1.165) is 18.5 Å². The van der Waals surface area contributed by atoms with Gasteiger partial charge in [-0.2, -0.15) is 31.4 Å². The van der Waals surface area contributed by atoms with Crippen LogP contribution in [0.25, 0.3) is 0 Å². The minimum Gasteiger partial charge on any atom is -0.377 e. The van der Waals surface area contributed by atoms with Gasteiger partial charge in [0.1, 0.15) is 11.3 Å². The second kappa shape index (κ2) is 10.8. The van der Waals surface area contributed by atoms with Crippen LogP contribution in [0.4, 0.5) is 42.8 Å². The van der Waals surface area contributed by atoms with Gasteiger partial charge in [0.05, 0.1) is 11.9 Å². The SMILES string of the molecule is CC(/C=C/CNC(=O)N1CCN(c2nccc(C(F)(F)F)n2)CC1)Nc1cn[nH]c(=O)c1C(F)(F)F.